The molecule has 5 nitrogen and oxygen atoms in total. The van der Waals surface area contributed by atoms with Crippen molar-refractivity contribution in [3.05, 3.63) is 39.9 Å². The molecule has 0 amide bonds. The zero-order chi connectivity index (χ0) is 15.7. The van der Waals surface area contributed by atoms with Crippen LogP contribution in [-0.4, -0.2) is 30.9 Å². The van der Waals surface area contributed by atoms with Crippen LogP contribution in [0, 0.1) is 0 Å². The molecule has 1 saturated heterocycles. The number of ether oxygens (including phenoxy) is 3. The molecular formula is C16H15BrO5. The van der Waals surface area contributed by atoms with Gasteiger partial charge in [-0.1, -0.05) is 28.1 Å². The molecule has 3 rings (SSSR count). The first kappa shape index (κ1) is 15.2. The van der Waals surface area contributed by atoms with E-state index in [0.717, 1.165) is 16.5 Å². The van der Waals surface area contributed by atoms with Crippen molar-refractivity contribution in [2.24, 2.45) is 0 Å². The molecule has 2 heterocycles. The van der Waals surface area contributed by atoms with Gasteiger partial charge in [-0.05, 0) is 31.0 Å². The quantitative estimate of drug-likeness (QED) is 0.607. The van der Waals surface area contributed by atoms with Crippen molar-refractivity contribution in [3.63, 3.8) is 0 Å². The van der Waals surface area contributed by atoms with Gasteiger partial charge in [0.25, 0.3) is 0 Å². The first-order valence-electron chi connectivity index (χ1n) is 7.12. The summed E-state index contributed by atoms with van der Waals surface area (Å²) in [5.74, 6) is -2.51. The lowest BCUT2D eigenvalue weighted by atomic mass is 9.92. The van der Waals surface area contributed by atoms with Crippen LogP contribution in [0.2, 0.25) is 0 Å². The van der Waals surface area contributed by atoms with Crippen LogP contribution in [0.15, 0.2) is 34.3 Å². The van der Waals surface area contributed by atoms with Gasteiger partial charge in [0.15, 0.2) is 5.57 Å². The summed E-state index contributed by atoms with van der Waals surface area (Å²) >= 11 is 3.37. The molecule has 0 aromatic heterocycles. The second-order valence-corrected chi connectivity index (χ2v) is 5.99. The second-order valence-electron chi connectivity index (χ2n) is 5.07. The van der Waals surface area contributed by atoms with Crippen molar-refractivity contribution in [2.75, 3.05) is 13.2 Å². The van der Waals surface area contributed by atoms with Gasteiger partial charge in [0, 0.05) is 10.9 Å². The summed E-state index contributed by atoms with van der Waals surface area (Å²) in [4.78, 5) is 24.4. The first-order chi connectivity index (χ1) is 10.6. The number of hydrogen-bond donors (Lipinski definition) is 0. The van der Waals surface area contributed by atoms with Crippen molar-refractivity contribution in [2.45, 2.75) is 25.6 Å². The third kappa shape index (κ3) is 2.46. The number of carbonyl (C=O) groups is 2. The molecule has 0 N–H and O–H groups in total. The second kappa shape index (κ2) is 5.85. The smallest absolute Gasteiger partial charge is 0.348 e. The van der Waals surface area contributed by atoms with Gasteiger partial charge in [-0.25, -0.2) is 9.59 Å². The fourth-order valence-corrected chi connectivity index (χ4v) is 3.07. The van der Waals surface area contributed by atoms with Gasteiger partial charge in [0.2, 0.25) is 5.79 Å². The highest BCUT2D eigenvalue weighted by atomic mass is 79.9. The summed E-state index contributed by atoms with van der Waals surface area (Å²) in [5.41, 5.74) is 1.13. The summed E-state index contributed by atoms with van der Waals surface area (Å²) < 4.78 is 17.1. The van der Waals surface area contributed by atoms with Gasteiger partial charge < -0.3 is 14.2 Å². The highest BCUT2D eigenvalue weighted by molar-refractivity contribution is 9.10. The van der Waals surface area contributed by atoms with Crippen molar-refractivity contribution in [3.8, 4) is 0 Å². The van der Waals surface area contributed by atoms with E-state index >= 15 is 0 Å². The summed E-state index contributed by atoms with van der Waals surface area (Å²) in [6.45, 7) is 2.38. The topological polar surface area (TPSA) is 61.8 Å². The van der Waals surface area contributed by atoms with Crippen LogP contribution in [-0.2, 0) is 23.8 Å². The highest BCUT2D eigenvalue weighted by Crippen LogP contribution is 2.47. The molecule has 0 saturated carbocycles. The van der Waals surface area contributed by atoms with Crippen LogP contribution in [0.3, 0.4) is 0 Å². The van der Waals surface area contributed by atoms with Crippen molar-refractivity contribution in [1.82, 2.24) is 0 Å². The van der Waals surface area contributed by atoms with Crippen LogP contribution >= 0.6 is 15.9 Å². The number of rotatable bonds is 3. The van der Waals surface area contributed by atoms with Gasteiger partial charge in [0.05, 0.1) is 18.8 Å². The fraction of sp³-hybridized carbons (Fsp3) is 0.375. The Hall–Kier alpha value is -1.66. The van der Waals surface area contributed by atoms with Crippen LogP contribution in [0.5, 0.6) is 0 Å². The van der Waals surface area contributed by atoms with E-state index < -0.39 is 17.7 Å². The van der Waals surface area contributed by atoms with E-state index in [-0.39, 0.29) is 12.2 Å². The zero-order valence-electron chi connectivity index (χ0n) is 12.1. The predicted octanol–water partition coefficient (Wildman–Crippen LogP) is 2.83. The van der Waals surface area contributed by atoms with Gasteiger partial charge in [-0.2, -0.15) is 0 Å². The zero-order valence-corrected chi connectivity index (χ0v) is 13.6. The van der Waals surface area contributed by atoms with E-state index in [0.29, 0.717) is 18.6 Å². The average Bonchev–Trinajstić information content (AvgIpc) is 3.05. The Labute approximate surface area is 136 Å². The molecule has 6 heteroatoms. The molecule has 1 aromatic carbocycles. The Morgan fingerprint density at radius 1 is 1.36 bits per heavy atom. The van der Waals surface area contributed by atoms with E-state index in [1.165, 1.54) is 0 Å². The number of carbonyl (C=O) groups excluding carboxylic acids is 2. The van der Waals surface area contributed by atoms with Crippen LogP contribution in [0.1, 0.15) is 25.3 Å². The van der Waals surface area contributed by atoms with E-state index in [4.69, 9.17) is 14.2 Å². The molecule has 1 spiro atoms. The monoisotopic (exact) mass is 366 g/mol. The molecule has 1 atom stereocenters. The maximum absolute atomic E-state index is 12.2. The number of esters is 2. The Morgan fingerprint density at radius 2 is 2.09 bits per heavy atom. The summed E-state index contributed by atoms with van der Waals surface area (Å²) in [6.07, 6.45) is 1.30. The molecule has 1 aromatic rings. The lowest BCUT2D eigenvalue weighted by Crippen LogP contribution is -2.30. The molecule has 2 aliphatic heterocycles. The Kier molecular flexibility index (Phi) is 4.06. The van der Waals surface area contributed by atoms with Gasteiger partial charge in [0.1, 0.15) is 0 Å². The van der Waals surface area contributed by atoms with E-state index in [1.54, 1.807) is 6.92 Å². The molecule has 0 bridgehead atoms. The number of benzene rings is 1. The molecule has 1 unspecified atom stereocenters. The number of hydrogen-bond acceptors (Lipinski definition) is 5. The standard InChI is InChI=1S/C16H15BrO5/c1-2-20-14(18)12-13(10-4-6-11(17)7-5-10)16(22-15(12)19)8-3-9-21-16/h4-7H,2-3,8-9H2,1H3. The summed E-state index contributed by atoms with van der Waals surface area (Å²) in [6, 6.07) is 7.33. The average molecular weight is 367 g/mol. The largest absolute Gasteiger partial charge is 0.462 e. The molecule has 0 aliphatic carbocycles. The maximum Gasteiger partial charge on any atom is 0.348 e. The SMILES string of the molecule is CCOC(=O)C1=C(c2ccc(Br)cc2)C2(CCCO2)OC1=O. The molecule has 116 valence electrons. The maximum atomic E-state index is 12.2. The van der Waals surface area contributed by atoms with Crippen LogP contribution in [0.4, 0.5) is 0 Å². The summed E-state index contributed by atoms with van der Waals surface area (Å²) in [7, 11) is 0. The minimum atomic E-state index is -1.16. The summed E-state index contributed by atoms with van der Waals surface area (Å²) in [5, 5.41) is 0. The third-order valence-corrected chi connectivity index (χ3v) is 4.22. The van der Waals surface area contributed by atoms with E-state index in [9.17, 15) is 9.59 Å². The lowest BCUT2D eigenvalue weighted by Gasteiger charge is -2.25. The predicted molar refractivity (Wildman–Crippen MR) is 81.7 cm³/mol. The van der Waals surface area contributed by atoms with Gasteiger partial charge >= 0.3 is 11.9 Å². The Bertz CT molecular complexity index is 641. The van der Waals surface area contributed by atoms with E-state index in [1.807, 2.05) is 24.3 Å². The molecule has 2 aliphatic rings. The first-order valence-corrected chi connectivity index (χ1v) is 7.92. The van der Waals surface area contributed by atoms with Crippen molar-refractivity contribution in [1.29, 1.82) is 0 Å². The van der Waals surface area contributed by atoms with Gasteiger partial charge in [-0.3, -0.25) is 0 Å². The van der Waals surface area contributed by atoms with Crippen LogP contribution in [0.25, 0.3) is 5.57 Å². The third-order valence-electron chi connectivity index (χ3n) is 3.69. The minimum absolute atomic E-state index is 0.0638. The number of halogens is 1. The Balaban J connectivity index is 2.15. The minimum Gasteiger partial charge on any atom is -0.462 e. The van der Waals surface area contributed by atoms with Crippen molar-refractivity contribution >= 4 is 33.4 Å². The van der Waals surface area contributed by atoms with Crippen LogP contribution < -0.4 is 0 Å². The van der Waals surface area contributed by atoms with Gasteiger partial charge in [-0.15, -0.1) is 0 Å². The fourth-order valence-electron chi connectivity index (χ4n) is 2.81. The lowest BCUT2D eigenvalue weighted by molar-refractivity contribution is -0.179. The van der Waals surface area contributed by atoms with E-state index in [2.05, 4.69) is 15.9 Å². The molecule has 1 fully saturated rings. The normalized spacial score (nSPS) is 24.0. The molecule has 0 radical (unpaired) electrons. The van der Waals surface area contributed by atoms with Crippen molar-refractivity contribution < 1.29 is 23.8 Å². The highest BCUT2D eigenvalue weighted by Gasteiger charge is 2.53. The molecular weight excluding hydrogens is 352 g/mol. The molecule has 22 heavy (non-hydrogen) atoms. The Morgan fingerprint density at radius 3 is 2.68 bits per heavy atom.